The van der Waals surface area contributed by atoms with Gasteiger partial charge in [0.05, 0.1) is 5.56 Å². The summed E-state index contributed by atoms with van der Waals surface area (Å²) in [7, 11) is 0. The molecule has 7 aromatic rings. The summed E-state index contributed by atoms with van der Waals surface area (Å²) in [5, 5.41) is 2.54. The Morgan fingerprint density at radius 3 is 2.37 bits per heavy atom. The van der Waals surface area contributed by atoms with Gasteiger partial charge >= 0.3 is 5.66 Å². The Morgan fingerprint density at radius 1 is 0.674 bits per heavy atom. The fraction of sp³-hybridized carbons (Fsp3) is 0.171. The minimum atomic E-state index is -0.650. The zero-order valence-electron chi connectivity index (χ0n) is 26.1. The Balaban J connectivity index is 1.40. The number of anilines is 3. The Labute approximate surface area is 266 Å². The molecular formula is C41H30N4O+2. The van der Waals surface area contributed by atoms with E-state index in [2.05, 4.69) is 149 Å². The number of benzene rings is 4. The van der Waals surface area contributed by atoms with E-state index in [9.17, 15) is 0 Å². The zero-order chi connectivity index (χ0) is 30.4. The van der Waals surface area contributed by atoms with Crippen LogP contribution in [0.2, 0.25) is 0 Å². The number of ether oxygens (including phenoxy) is 1. The van der Waals surface area contributed by atoms with Crippen molar-refractivity contribution < 1.29 is 13.9 Å². The van der Waals surface area contributed by atoms with E-state index in [-0.39, 0.29) is 5.41 Å². The average molecular weight is 595 g/mol. The number of nitrogens with zero attached hydrogens (tertiary/aromatic N) is 4. The average Bonchev–Trinajstić information content (AvgIpc) is 3.56. The third-order valence-electron chi connectivity index (χ3n) is 11.6. The first-order chi connectivity index (χ1) is 22.4. The topological polar surface area (TPSA) is 25.2 Å². The van der Waals surface area contributed by atoms with Gasteiger partial charge in [0, 0.05) is 27.8 Å². The van der Waals surface area contributed by atoms with Crippen molar-refractivity contribution in [1.29, 1.82) is 0 Å². The van der Waals surface area contributed by atoms with Crippen molar-refractivity contribution >= 4 is 39.0 Å². The standard InChI is InChI=1S/C41H30N4O/c1-22(2)23-20-32-30-18-17-27-39-42(29-13-8-6-11-26(29)40(27,3)4)31-14-9-15-33-36(31)41(45(30)39)37-34(46-33)19-16-25-24-10-5-7-12-28(24)43(38(25)37)35(21-23)44(32)41/h5-22H,1-4H3/q+2. The highest BCUT2D eigenvalue weighted by molar-refractivity contribution is 6.11. The van der Waals surface area contributed by atoms with Crippen molar-refractivity contribution in [2.45, 2.75) is 44.7 Å². The molecule has 0 saturated heterocycles. The number of aromatic nitrogens is 3. The van der Waals surface area contributed by atoms with Gasteiger partial charge in [-0.05, 0) is 72.1 Å². The SMILES string of the molecule is CC(C)c1cc2[n+]3c(c1)-n1c4ccccc4c4ccc5c(c41)C31c3c(cccc3N3c4ccccc4C(C)(C)c4ccc-2[n+]1c43)O5. The number of pyridine rings is 2. The number of hydrogen-bond acceptors (Lipinski definition) is 2. The van der Waals surface area contributed by atoms with Crippen LogP contribution in [0.15, 0.2) is 103 Å². The Kier molecular flexibility index (Phi) is 3.73. The van der Waals surface area contributed by atoms with Gasteiger partial charge < -0.3 is 4.74 Å². The molecule has 0 amide bonds. The monoisotopic (exact) mass is 594 g/mol. The lowest BCUT2D eigenvalue weighted by atomic mass is 9.72. The molecule has 1 atom stereocenters. The summed E-state index contributed by atoms with van der Waals surface area (Å²) in [5.41, 5.74) is 13.0. The predicted molar refractivity (Wildman–Crippen MR) is 179 cm³/mol. The van der Waals surface area contributed by atoms with E-state index in [1.807, 2.05) is 0 Å². The maximum absolute atomic E-state index is 7.00. The number of rotatable bonds is 1. The molecular weight excluding hydrogens is 564 g/mol. The fourth-order valence-corrected chi connectivity index (χ4v) is 9.74. The van der Waals surface area contributed by atoms with Gasteiger partial charge in [-0.3, -0.25) is 0 Å². The van der Waals surface area contributed by atoms with Crippen molar-refractivity contribution in [3.8, 4) is 28.7 Å². The Hall–Kier alpha value is -5.42. The van der Waals surface area contributed by atoms with Crippen LogP contribution >= 0.6 is 0 Å². The second kappa shape index (κ2) is 7.18. The number of hydrogen-bond donors (Lipinski definition) is 0. The first-order valence-electron chi connectivity index (χ1n) is 16.4. The van der Waals surface area contributed by atoms with E-state index in [0.29, 0.717) is 5.92 Å². The summed E-state index contributed by atoms with van der Waals surface area (Å²) in [5.74, 6) is 4.69. The third-order valence-corrected chi connectivity index (χ3v) is 11.6. The van der Waals surface area contributed by atoms with Crippen LogP contribution in [-0.2, 0) is 11.1 Å². The van der Waals surface area contributed by atoms with Gasteiger partial charge in [-0.25, -0.2) is 0 Å². The van der Waals surface area contributed by atoms with E-state index in [1.165, 1.54) is 84.0 Å². The Bertz CT molecular complexity index is 2640. The minimum Gasteiger partial charge on any atom is -0.456 e. The molecule has 0 radical (unpaired) electrons. The minimum absolute atomic E-state index is 0.189. The van der Waals surface area contributed by atoms with Crippen LogP contribution in [0, 0.1) is 0 Å². The molecule has 5 aliphatic heterocycles. The second-order valence-electron chi connectivity index (χ2n) is 14.4. The fourth-order valence-electron chi connectivity index (χ4n) is 9.74. The molecule has 3 aromatic heterocycles. The van der Waals surface area contributed by atoms with Crippen molar-refractivity contribution in [2.75, 3.05) is 4.90 Å². The molecule has 0 N–H and O–H groups in total. The highest BCUT2D eigenvalue weighted by Gasteiger charge is 2.71. The first kappa shape index (κ1) is 23.9. The van der Waals surface area contributed by atoms with Gasteiger partial charge in [0.2, 0.25) is 0 Å². The molecule has 1 spiro atoms. The van der Waals surface area contributed by atoms with Gasteiger partial charge in [0.15, 0.2) is 16.9 Å². The van der Waals surface area contributed by atoms with E-state index < -0.39 is 5.66 Å². The van der Waals surface area contributed by atoms with Gasteiger partial charge in [-0.15, -0.1) is 0 Å². The van der Waals surface area contributed by atoms with Crippen molar-refractivity contribution in [3.63, 3.8) is 0 Å². The Morgan fingerprint density at radius 2 is 1.48 bits per heavy atom. The summed E-state index contributed by atoms with van der Waals surface area (Å²) in [6.07, 6.45) is 0. The third kappa shape index (κ3) is 2.22. The maximum Gasteiger partial charge on any atom is 0.323 e. The molecule has 0 bridgehead atoms. The van der Waals surface area contributed by atoms with Crippen LogP contribution in [0.25, 0.3) is 39.0 Å². The molecule has 4 aromatic carbocycles. The van der Waals surface area contributed by atoms with E-state index in [4.69, 9.17) is 4.74 Å². The van der Waals surface area contributed by atoms with Gasteiger partial charge in [0.25, 0.3) is 11.6 Å². The lowest BCUT2D eigenvalue weighted by Gasteiger charge is -2.45. The summed E-state index contributed by atoms with van der Waals surface area (Å²) < 4.78 is 14.9. The molecule has 1 unspecified atom stereocenters. The maximum atomic E-state index is 7.00. The quantitative estimate of drug-likeness (QED) is 0.178. The molecule has 0 saturated carbocycles. The molecule has 218 valence electrons. The molecule has 8 heterocycles. The van der Waals surface area contributed by atoms with Crippen molar-refractivity contribution in [3.05, 3.63) is 131 Å². The molecule has 5 nitrogen and oxygen atoms in total. The highest BCUT2D eigenvalue weighted by atomic mass is 16.5. The lowest BCUT2D eigenvalue weighted by molar-refractivity contribution is -0.932. The highest BCUT2D eigenvalue weighted by Crippen LogP contribution is 2.63. The largest absolute Gasteiger partial charge is 0.456 e. The molecule has 0 fully saturated rings. The van der Waals surface area contributed by atoms with Crippen LogP contribution in [0.5, 0.6) is 11.5 Å². The first-order valence-corrected chi connectivity index (χ1v) is 16.4. The lowest BCUT2D eigenvalue weighted by Crippen LogP contribution is -2.76. The molecule has 12 rings (SSSR count). The molecule has 5 aliphatic rings. The van der Waals surface area contributed by atoms with Crippen LogP contribution in [0.3, 0.4) is 0 Å². The van der Waals surface area contributed by atoms with Crippen molar-refractivity contribution in [1.82, 2.24) is 4.57 Å². The predicted octanol–water partition coefficient (Wildman–Crippen LogP) is 8.60. The normalized spacial score (nSPS) is 19.0. The summed E-state index contributed by atoms with van der Waals surface area (Å²) in [4.78, 5) is 2.53. The second-order valence-corrected chi connectivity index (χ2v) is 14.4. The number of para-hydroxylation sites is 2. The van der Waals surface area contributed by atoms with Gasteiger partial charge in [-0.1, -0.05) is 64.1 Å². The molecule has 5 heteroatoms. The zero-order valence-corrected chi connectivity index (χ0v) is 26.1. The van der Waals surface area contributed by atoms with Crippen molar-refractivity contribution in [2.24, 2.45) is 0 Å². The molecule has 46 heavy (non-hydrogen) atoms. The van der Waals surface area contributed by atoms with Crippen LogP contribution in [-0.4, -0.2) is 4.57 Å². The summed E-state index contributed by atoms with van der Waals surface area (Å²) in [6, 6.07) is 38.7. The van der Waals surface area contributed by atoms with E-state index in [0.717, 1.165) is 11.5 Å². The van der Waals surface area contributed by atoms with Crippen LogP contribution in [0.4, 0.5) is 17.2 Å². The van der Waals surface area contributed by atoms with Crippen LogP contribution in [0.1, 0.15) is 61.4 Å². The van der Waals surface area contributed by atoms with Gasteiger partial charge in [0.1, 0.15) is 39.5 Å². The van der Waals surface area contributed by atoms with Gasteiger partial charge in [-0.2, -0.15) is 18.6 Å². The number of fused-ring (bicyclic) bond motifs is 8. The van der Waals surface area contributed by atoms with E-state index in [1.54, 1.807) is 0 Å². The molecule has 0 aliphatic carbocycles. The summed E-state index contributed by atoms with van der Waals surface area (Å²) in [6.45, 7) is 9.39. The van der Waals surface area contributed by atoms with E-state index >= 15 is 0 Å². The van der Waals surface area contributed by atoms with Crippen LogP contribution < -0.4 is 18.8 Å². The summed E-state index contributed by atoms with van der Waals surface area (Å²) >= 11 is 0. The smallest absolute Gasteiger partial charge is 0.323 e.